The van der Waals surface area contributed by atoms with Crippen LogP contribution in [0, 0.1) is 6.92 Å². The zero-order chi connectivity index (χ0) is 24.6. The number of amides is 1. The molecule has 0 aliphatic heterocycles. The van der Waals surface area contributed by atoms with Gasteiger partial charge in [-0.05, 0) is 73.9 Å². The van der Waals surface area contributed by atoms with Gasteiger partial charge in [-0.3, -0.25) is 9.59 Å². The van der Waals surface area contributed by atoms with Crippen molar-refractivity contribution >= 4 is 11.9 Å². The molecule has 1 N–H and O–H groups in total. The van der Waals surface area contributed by atoms with Crippen LogP contribution in [0.3, 0.4) is 0 Å². The van der Waals surface area contributed by atoms with Gasteiger partial charge in [0.05, 0.1) is 6.61 Å². The largest absolute Gasteiger partial charge is 0.493 e. The highest BCUT2D eigenvalue weighted by atomic mass is 16.5. The fraction of sp³-hybridized carbons (Fsp3) is 0.333. The fourth-order valence-electron chi connectivity index (χ4n) is 4.30. The summed E-state index contributed by atoms with van der Waals surface area (Å²) in [7, 11) is 0. The summed E-state index contributed by atoms with van der Waals surface area (Å²) < 4.78 is 6.02. The second-order valence-corrected chi connectivity index (χ2v) is 9.22. The van der Waals surface area contributed by atoms with E-state index in [4.69, 9.17) is 9.84 Å². The normalized spacial score (nSPS) is 12.8. The molecule has 1 fully saturated rings. The van der Waals surface area contributed by atoms with Crippen molar-refractivity contribution < 1.29 is 19.4 Å². The number of unbranched alkanes of at least 4 members (excludes halogenated alkanes) is 2. The molecular formula is C30H33NO4. The molecule has 0 saturated heterocycles. The number of hydrogen-bond acceptors (Lipinski definition) is 3. The Kier molecular flexibility index (Phi) is 8.19. The maximum atomic E-state index is 13.5. The summed E-state index contributed by atoms with van der Waals surface area (Å²) in [6.45, 7) is 3.14. The zero-order valence-electron chi connectivity index (χ0n) is 20.3. The minimum Gasteiger partial charge on any atom is -0.493 e. The third-order valence-corrected chi connectivity index (χ3v) is 6.44. The van der Waals surface area contributed by atoms with Crippen LogP contribution in [0.5, 0.6) is 5.75 Å². The smallest absolute Gasteiger partial charge is 0.303 e. The van der Waals surface area contributed by atoms with Gasteiger partial charge in [-0.1, -0.05) is 54.6 Å². The number of carboxylic acids is 1. The predicted octanol–water partition coefficient (Wildman–Crippen LogP) is 6.49. The molecule has 5 nitrogen and oxygen atoms in total. The van der Waals surface area contributed by atoms with Crippen molar-refractivity contribution in [3.63, 3.8) is 0 Å². The molecule has 0 atom stereocenters. The van der Waals surface area contributed by atoms with Gasteiger partial charge < -0.3 is 14.7 Å². The molecule has 3 aromatic rings. The molecule has 5 heteroatoms. The first-order valence-electron chi connectivity index (χ1n) is 12.4. The van der Waals surface area contributed by atoms with Gasteiger partial charge in [-0.2, -0.15) is 0 Å². The highest BCUT2D eigenvalue weighted by molar-refractivity contribution is 5.95. The first-order valence-corrected chi connectivity index (χ1v) is 12.4. The molecule has 1 aliphatic rings. The Labute approximate surface area is 207 Å². The lowest BCUT2D eigenvalue weighted by atomic mass is 9.99. The van der Waals surface area contributed by atoms with E-state index < -0.39 is 5.97 Å². The Morgan fingerprint density at radius 1 is 0.914 bits per heavy atom. The summed E-state index contributed by atoms with van der Waals surface area (Å²) >= 11 is 0. The number of benzene rings is 3. The molecule has 0 spiro atoms. The number of hydrogen-bond donors (Lipinski definition) is 1. The summed E-state index contributed by atoms with van der Waals surface area (Å²) in [4.78, 5) is 26.1. The van der Waals surface area contributed by atoms with Crippen molar-refractivity contribution in [2.45, 2.75) is 58.0 Å². The average Bonchev–Trinajstić information content (AvgIpc) is 3.71. The van der Waals surface area contributed by atoms with E-state index in [2.05, 4.69) is 19.1 Å². The lowest BCUT2D eigenvalue weighted by Gasteiger charge is -2.24. The summed E-state index contributed by atoms with van der Waals surface area (Å²) in [5, 5.41) is 8.76. The van der Waals surface area contributed by atoms with E-state index in [0.717, 1.165) is 42.6 Å². The number of ether oxygens (including phenoxy) is 1. The molecule has 0 unspecified atom stereocenters. The Morgan fingerprint density at radius 2 is 1.63 bits per heavy atom. The van der Waals surface area contributed by atoms with Crippen molar-refractivity contribution in [3.8, 4) is 16.9 Å². The van der Waals surface area contributed by atoms with Crippen LogP contribution in [0.2, 0.25) is 0 Å². The van der Waals surface area contributed by atoms with Gasteiger partial charge in [0.25, 0.3) is 5.91 Å². The Hall–Kier alpha value is -3.60. The van der Waals surface area contributed by atoms with Gasteiger partial charge in [0, 0.05) is 30.1 Å². The van der Waals surface area contributed by atoms with Crippen LogP contribution in [-0.4, -0.2) is 34.5 Å². The monoisotopic (exact) mass is 471 g/mol. The van der Waals surface area contributed by atoms with Crippen molar-refractivity contribution in [2.75, 3.05) is 6.61 Å². The molecule has 4 rings (SSSR count). The van der Waals surface area contributed by atoms with Gasteiger partial charge in [0.1, 0.15) is 5.75 Å². The first kappa shape index (κ1) is 24.5. The minimum atomic E-state index is -0.758. The van der Waals surface area contributed by atoms with Crippen LogP contribution in [0.1, 0.15) is 60.0 Å². The lowest BCUT2D eigenvalue weighted by Crippen LogP contribution is -2.32. The number of aryl methyl sites for hydroxylation is 1. The fourth-order valence-corrected chi connectivity index (χ4v) is 4.30. The number of carbonyl (C=O) groups is 2. The number of nitrogens with zero attached hydrogens (tertiary/aromatic N) is 1. The van der Waals surface area contributed by atoms with Crippen LogP contribution < -0.4 is 4.74 Å². The number of aliphatic carboxylic acids is 1. The first-order chi connectivity index (χ1) is 17.0. The molecule has 35 heavy (non-hydrogen) atoms. The summed E-state index contributed by atoms with van der Waals surface area (Å²) in [5.41, 5.74) is 5.20. The highest BCUT2D eigenvalue weighted by Gasteiger charge is 2.33. The van der Waals surface area contributed by atoms with E-state index in [-0.39, 0.29) is 18.4 Å². The second-order valence-electron chi connectivity index (χ2n) is 9.22. The van der Waals surface area contributed by atoms with Gasteiger partial charge in [-0.25, -0.2) is 0 Å². The molecule has 0 aromatic heterocycles. The predicted molar refractivity (Wildman–Crippen MR) is 138 cm³/mol. The van der Waals surface area contributed by atoms with Gasteiger partial charge >= 0.3 is 5.97 Å². The number of carbonyl (C=O) groups excluding carboxylic acids is 1. The van der Waals surface area contributed by atoms with E-state index in [1.807, 2.05) is 65.6 Å². The minimum absolute atomic E-state index is 0.0484. The van der Waals surface area contributed by atoms with E-state index in [1.54, 1.807) is 0 Å². The van der Waals surface area contributed by atoms with Crippen molar-refractivity contribution in [1.29, 1.82) is 0 Å². The standard InChI is InChI=1S/C30H33NO4/c1-22-9-4-6-11-27(22)23-14-16-24(17-15-23)30(34)31(26-18-19-26)21-25-10-5-7-12-28(25)35-20-8-2-3-13-29(32)33/h4-7,9-12,14-17,26H,2-3,8,13,18-21H2,1H3,(H,32,33). The molecule has 182 valence electrons. The maximum Gasteiger partial charge on any atom is 0.303 e. The third kappa shape index (κ3) is 6.72. The maximum absolute atomic E-state index is 13.5. The van der Waals surface area contributed by atoms with Crippen LogP contribution in [0.4, 0.5) is 0 Å². The quantitative estimate of drug-likeness (QED) is 0.307. The summed E-state index contributed by atoms with van der Waals surface area (Å²) in [6.07, 6.45) is 4.53. The van der Waals surface area contributed by atoms with E-state index in [0.29, 0.717) is 25.1 Å². The SMILES string of the molecule is Cc1ccccc1-c1ccc(C(=O)N(Cc2ccccc2OCCCCCC(=O)O)C2CC2)cc1. The molecule has 0 radical (unpaired) electrons. The molecule has 1 amide bonds. The van der Waals surface area contributed by atoms with Crippen LogP contribution >= 0.6 is 0 Å². The van der Waals surface area contributed by atoms with E-state index in [1.165, 1.54) is 11.1 Å². The van der Waals surface area contributed by atoms with Crippen molar-refractivity contribution in [2.24, 2.45) is 0 Å². The zero-order valence-corrected chi connectivity index (χ0v) is 20.3. The molecule has 1 saturated carbocycles. The molecule has 0 bridgehead atoms. The summed E-state index contributed by atoms with van der Waals surface area (Å²) in [6, 6.07) is 24.3. The van der Waals surface area contributed by atoms with Crippen LogP contribution in [0.25, 0.3) is 11.1 Å². The Balaban J connectivity index is 1.41. The molecular weight excluding hydrogens is 438 g/mol. The second kappa shape index (κ2) is 11.7. The van der Waals surface area contributed by atoms with Crippen LogP contribution in [0.15, 0.2) is 72.8 Å². The number of para-hydroxylation sites is 1. The number of carboxylic acid groups (broad SMARTS) is 1. The van der Waals surface area contributed by atoms with Gasteiger partial charge in [0.2, 0.25) is 0 Å². The average molecular weight is 472 g/mol. The summed E-state index contributed by atoms with van der Waals surface area (Å²) in [5.74, 6) is 0.0808. The van der Waals surface area contributed by atoms with E-state index >= 15 is 0 Å². The van der Waals surface area contributed by atoms with Gasteiger partial charge in [0.15, 0.2) is 0 Å². The lowest BCUT2D eigenvalue weighted by molar-refractivity contribution is -0.137. The van der Waals surface area contributed by atoms with Crippen LogP contribution in [-0.2, 0) is 11.3 Å². The topological polar surface area (TPSA) is 66.8 Å². The molecule has 1 aliphatic carbocycles. The van der Waals surface area contributed by atoms with Gasteiger partial charge in [-0.15, -0.1) is 0 Å². The Bertz CT molecular complexity index is 1150. The van der Waals surface area contributed by atoms with Crippen molar-refractivity contribution in [3.05, 3.63) is 89.5 Å². The highest BCUT2D eigenvalue weighted by Crippen LogP contribution is 2.32. The van der Waals surface area contributed by atoms with Crippen molar-refractivity contribution in [1.82, 2.24) is 4.90 Å². The third-order valence-electron chi connectivity index (χ3n) is 6.44. The number of rotatable bonds is 12. The molecule has 0 heterocycles. The Morgan fingerprint density at radius 3 is 2.34 bits per heavy atom. The van der Waals surface area contributed by atoms with E-state index in [9.17, 15) is 9.59 Å². The molecule has 3 aromatic carbocycles.